The van der Waals surface area contributed by atoms with Crippen molar-refractivity contribution in [3.63, 3.8) is 0 Å². The van der Waals surface area contributed by atoms with E-state index in [-0.39, 0.29) is 6.10 Å². The maximum absolute atomic E-state index is 12.8. The molecule has 3 heterocycles. The molecule has 8 heteroatoms. The summed E-state index contributed by atoms with van der Waals surface area (Å²) in [5.41, 5.74) is 1.36. The van der Waals surface area contributed by atoms with Gasteiger partial charge >= 0.3 is 0 Å². The number of nitrogens with zero attached hydrogens (tertiary/aromatic N) is 3. The third-order valence-corrected chi connectivity index (χ3v) is 6.86. The van der Waals surface area contributed by atoms with Crippen molar-refractivity contribution in [3.8, 4) is 5.88 Å². The average Bonchev–Trinajstić information content (AvgIpc) is 2.60. The van der Waals surface area contributed by atoms with Gasteiger partial charge < -0.3 is 9.47 Å². The van der Waals surface area contributed by atoms with Gasteiger partial charge in [-0.1, -0.05) is 17.7 Å². The topological polar surface area (TPSA) is 81.6 Å². The second-order valence-electron chi connectivity index (χ2n) is 7.35. The minimum absolute atomic E-state index is 0.0564. The van der Waals surface area contributed by atoms with Crippen LogP contribution in [0.1, 0.15) is 24.1 Å². The Morgan fingerprint density at radius 3 is 2.63 bits per heavy atom. The number of aromatic nitrogens is 2. The van der Waals surface area contributed by atoms with Gasteiger partial charge in [0.05, 0.1) is 29.0 Å². The molecule has 2 aliphatic rings. The van der Waals surface area contributed by atoms with Crippen LogP contribution >= 0.6 is 0 Å². The van der Waals surface area contributed by atoms with Gasteiger partial charge in [0.15, 0.2) is 0 Å². The summed E-state index contributed by atoms with van der Waals surface area (Å²) in [4.78, 5) is 8.75. The van der Waals surface area contributed by atoms with E-state index in [4.69, 9.17) is 9.47 Å². The molecule has 0 aliphatic carbocycles. The van der Waals surface area contributed by atoms with Crippen LogP contribution in [0.15, 0.2) is 41.6 Å². The van der Waals surface area contributed by atoms with Crippen LogP contribution in [-0.2, 0) is 14.8 Å². The quantitative estimate of drug-likeness (QED) is 0.796. The monoisotopic (exact) mass is 389 g/mol. The van der Waals surface area contributed by atoms with Gasteiger partial charge in [-0.25, -0.2) is 13.4 Å². The number of ether oxygens (including phenoxy) is 2. The molecule has 2 aromatic rings. The summed E-state index contributed by atoms with van der Waals surface area (Å²) < 4.78 is 39.0. The lowest BCUT2D eigenvalue weighted by atomic mass is 9.86. The van der Waals surface area contributed by atoms with Gasteiger partial charge in [0.2, 0.25) is 15.9 Å². The highest BCUT2D eigenvalue weighted by atomic mass is 32.2. The number of hydrogen-bond acceptors (Lipinski definition) is 6. The molecule has 1 atom stereocenters. The second kappa shape index (κ2) is 6.85. The predicted molar refractivity (Wildman–Crippen MR) is 99.0 cm³/mol. The van der Waals surface area contributed by atoms with Crippen molar-refractivity contribution in [2.45, 2.75) is 43.3 Å². The van der Waals surface area contributed by atoms with Crippen LogP contribution < -0.4 is 4.74 Å². The van der Waals surface area contributed by atoms with Crippen molar-refractivity contribution in [3.05, 3.63) is 47.9 Å². The molecule has 7 nitrogen and oxygen atoms in total. The fourth-order valence-electron chi connectivity index (χ4n) is 3.60. The van der Waals surface area contributed by atoms with E-state index in [0.29, 0.717) is 36.9 Å². The summed E-state index contributed by atoms with van der Waals surface area (Å²) in [7, 11) is -3.49. The van der Waals surface area contributed by atoms with Crippen LogP contribution in [0, 0.1) is 13.8 Å². The molecule has 0 N–H and O–H groups in total. The van der Waals surface area contributed by atoms with Crippen molar-refractivity contribution in [2.24, 2.45) is 0 Å². The smallest absolute Gasteiger partial charge is 0.243 e. The lowest BCUT2D eigenvalue weighted by molar-refractivity contribution is -0.165. The van der Waals surface area contributed by atoms with Crippen LogP contribution in [0.25, 0.3) is 0 Å². The highest BCUT2D eigenvalue weighted by molar-refractivity contribution is 7.89. The Morgan fingerprint density at radius 2 is 1.93 bits per heavy atom. The van der Waals surface area contributed by atoms with Crippen LogP contribution in [-0.4, -0.2) is 54.1 Å². The first-order chi connectivity index (χ1) is 12.9. The van der Waals surface area contributed by atoms with Gasteiger partial charge in [-0.2, -0.15) is 4.31 Å². The van der Waals surface area contributed by atoms with E-state index < -0.39 is 15.6 Å². The molecule has 1 aromatic carbocycles. The summed E-state index contributed by atoms with van der Waals surface area (Å²) in [6, 6.07) is 6.93. The van der Waals surface area contributed by atoms with Gasteiger partial charge in [-0.05, 0) is 26.0 Å². The molecule has 2 fully saturated rings. The Morgan fingerprint density at radius 1 is 1.19 bits per heavy atom. The minimum Gasteiger partial charge on any atom is -0.473 e. The van der Waals surface area contributed by atoms with E-state index in [2.05, 4.69) is 9.97 Å². The summed E-state index contributed by atoms with van der Waals surface area (Å²) in [6.07, 6.45) is 4.62. The van der Waals surface area contributed by atoms with Gasteiger partial charge in [-0.15, -0.1) is 0 Å². The molecular weight excluding hydrogens is 366 g/mol. The molecule has 0 unspecified atom stereocenters. The van der Waals surface area contributed by atoms with Crippen LogP contribution in [0.2, 0.25) is 0 Å². The Hall–Kier alpha value is -2.03. The average molecular weight is 389 g/mol. The SMILES string of the molecule is Cc1ccc(S(=O)(=O)N2CC3(C[C@@H](Oc4cncc(C)n4)CCO3)C2)cc1. The van der Waals surface area contributed by atoms with Crippen molar-refractivity contribution in [1.82, 2.24) is 14.3 Å². The van der Waals surface area contributed by atoms with Crippen molar-refractivity contribution >= 4 is 10.0 Å². The molecular formula is C19H23N3O4S. The lowest BCUT2D eigenvalue weighted by Crippen LogP contribution is -2.67. The Bertz CT molecular complexity index is 924. The molecule has 4 rings (SSSR count). The number of sulfonamides is 1. The molecule has 27 heavy (non-hydrogen) atoms. The summed E-state index contributed by atoms with van der Waals surface area (Å²) in [6.45, 7) is 5.04. The van der Waals surface area contributed by atoms with Crippen molar-refractivity contribution in [1.29, 1.82) is 0 Å². The first kappa shape index (κ1) is 18.3. The molecule has 0 amide bonds. The number of hydrogen-bond donors (Lipinski definition) is 0. The van der Waals surface area contributed by atoms with Crippen LogP contribution in [0.3, 0.4) is 0 Å². The summed E-state index contributed by atoms with van der Waals surface area (Å²) in [5.74, 6) is 0.500. The third kappa shape index (κ3) is 3.69. The number of rotatable bonds is 4. The van der Waals surface area contributed by atoms with Crippen LogP contribution in [0.4, 0.5) is 0 Å². The lowest BCUT2D eigenvalue weighted by Gasteiger charge is -2.51. The van der Waals surface area contributed by atoms with E-state index in [1.54, 1.807) is 24.5 Å². The first-order valence-electron chi connectivity index (χ1n) is 9.02. The highest BCUT2D eigenvalue weighted by Crippen LogP contribution is 2.38. The molecule has 1 spiro atoms. The van der Waals surface area contributed by atoms with Crippen molar-refractivity contribution < 1.29 is 17.9 Å². The summed E-state index contributed by atoms with van der Waals surface area (Å²) >= 11 is 0. The molecule has 2 aliphatic heterocycles. The summed E-state index contributed by atoms with van der Waals surface area (Å²) in [5, 5.41) is 0. The molecule has 2 saturated heterocycles. The second-order valence-corrected chi connectivity index (χ2v) is 9.29. The van der Waals surface area contributed by atoms with Gasteiger partial charge in [-0.3, -0.25) is 4.98 Å². The van der Waals surface area contributed by atoms with E-state index in [0.717, 1.165) is 17.7 Å². The zero-order valence-corrected chi connectivity index (χ0v) is 16.3. The standard InChI is InChI=1S/C19H23N3O4S/c1-14-3-5-17(6-4-14)27(23,24)22-12-19(13-22)9-16(7-8-25-19)26-18-11-20-10-15(2)21-18/h3-6,10-11,16H,7-9,12-13H2,1-2H3/t16-/m0/s1. The van der Waals surface area contributed by atoms with E-state index in [9.17, 15) is 8.42 Å². The molecule has 0 saturated carbocycles. The Balaban J connectivity index is 1.41. The zero-order chi connectivity index (χ0) is 19.1. The van der Waals surface area contributed by atoms with E-state index >= 15 is 0 Å². The largest absolute Gasteiger partial charge is 0.473 e. The molecule has 144 valence electrons. The highest BCUT2D eigenvalue weighted by Gasteiger charge is 2.52. The zero-order valence-electron chi connectivity index (χ0n) is 15.5. The Labute approximate surface area is 159 Å². The van der Waals surface area contributed by atoms with Gasteiger partial charge in [0.1, 0.15) is 6.10 Å². The van der Waals surface area contributed by atoms with Gasteiger partial charge in [0, 0.05) is 32.1 Å². The third-order valence-electron chi connectivity index (χ3n) is 5.06. The molecule has 1 aromatic heterocycles. The van der Waals surface area contributed by atoms with Gasteiger partial charge in [0.25, 0.3) is 0 Å². The maximum Gasteiger partial charge on any atom is 0.243 e. The van der Waals surface area contributed by atoms with E-state index in [1.165, 1.54) is 4.31 Å². The predicted octanol–water partition coefficient (Wildman–Crippen LogP) is 2.09. The number of aryl methyl sites for hydroxylation is 2. The normalized spacial score (nSPS) is 22.4. The first-order valence-corrected chi connectivity index (χ1v) is 10.5. The molecule has 0 bridgehead atoms. The fourth-order valence-corrected chi connectivity index (χ4v) is 5.19. The maximum atomic E-state index is 12.8. The Kier molecular flexibility index (Phi) is 4.65. The minimum atomic E-state index is -3.49. The fraction of sp³-hybridized carbons (Fsp3) is 0.474. The van der Waals surface area contributed by atoms with E-state index in [1.807, 2.05) is 26.0 Å². The van der Waals surface area contributed by atoms with Crippen LogP contribution in [0.5, 0.6) is 5.88 Å². The molecule has 0 radical (unpaired) electrons. The van der Waals surface area contributed by atoms with Crippen molar-refractivity contribution in [2.75, 3.05) is 19.7 Å². The number of benzene rings is 1.